The highest BCUT2D eigenvalue weighted by Crippen LogP contribution is 2.22. The highest BCUT2D eigenvalue weighted by atomic mass is 79.9. The van der Waals surface area contributed by atoms with Gasteiger partial charge >= 0.3 is 0 Å². The van der Waals surface area contributed by atoms with Gasteiger partial charge in [0.25, 0.3) is 0 Å². The Balaban J connectivity index is 2.33. The largest absolute Gasteiger partial charge is 0.357 e. The molecule has 0 aromatic carbocycles. The molecule has 0 aliphatic carbocycles. The van der Waals surface area contributed by atoms with Gasteiger partial charge in [0.15, 0.2) is 0 Å². The minimum absolute atomic E-state index is 0.0101. The summed E-state index contributed by atoms with van der Waals surface area (Å²) in [6.07, 6.45) is 2.18. The van der Waals surface area contributed by atoms with Gasteiger partial charge in [0.1, 0.15) is 10.4 Å². The van der Waals surface area contributed by atoms with Gasteiger partial charge in [-0.1, -0.05) is 13.0 Å². The van der Waals surface area contributed by atoms with Gasteiger partial charge in [0.05, 0.1) is 4.11 Å². The zero-order valence-electron chi connectivity index (χ0n) is 11.2. The van der Waals surface area contributed by atoms with Gasteiger partial charge in [-0.2, -0.15) is 0 Å². The minimum atomic E-state index is -0.0551. The average Bonchev–Trinajstić information content (AvgIpc) is 2.32. The Bertz CT molecular complexity index is 431. The van der Waals surface area contributed by atoms with Crippen molar-refractivity contribution in [1.29, 1.82) is 0 Å². The van der Waals surface area contributed by atoms with Crippen molar-refractivity contribution in [2.75, 3.05) is 18.0 Å². The van der Waals surface area contributed by atoms with Crippen LogP contribution in [0.1, 0.15) is 23.9 Å². The second-order valence-corrected chi connectivity index (χ2v) is 4.52. The number of pyridine rings is 1. The normalized spacial score (nSPS) is 21.6. The maximum atomic E-state index is 7.89. The Hall–Kier alpha value is -0.570. The van der Waals surface area contributed by atoms with E-state index < -0.39 is 0 Å². The smallest absolute Gasteiger partial charge is 0.129 e. The lowest BCUT2D eigenvalue weighted by atomic mass is 9.99. The second kappa shape index (κ2) is 4.30. The molecule has 0 atom stereocenters. The van der Waals surface area contributed by atoms with E-state index in [-0.39, 0.29) is 18.1 Å². The lowest BCUT2D eigenvalue weighted by Crippen LogP contribution is -2.33. The topological polar surface area (TPSA) is 16.1 Å². The molecule has 1 aromatic rings. The summed E-state index contributed by atoms with van der Waals surface area (Å²) in [6, 6.07) is -0.00243. The van der Waals surface area contributed by atoms with Gasteiger partial charge in [0.2, 0.25) is 0 Å². The summed E-state index contributed by atoms with van der Waals surface area (Å²) >= 11 is 3.18. The molecular weight excluding hydrogens is 240 g/mol. The molecule has 1 saturated heterocycles. The Morgan fingerprint density at radius 3 is 2.93 bits per heavy atom. The van der Waals surface area contributed by atoms with E-state index in [1.54, 1.807) is 0 Å². The van der Waals surface area contributed by atoms with E-state index in [1.165, 1.54) is 0 Å². The molecule has 0 amide bonds. The zero-order valence-corrected chi connectivity index (χ0v) is 9.76. The first-order valence-electron chi connectivity index (χ1n) is 6.39. The van der Waals surface area contributed by atoms with Gasteiger partial charge in [0, 0.05) is 13.1 Å². The quantitative estimate of drug-likeness (QED) is 0.719. The van der Waals surface area contributed by atoms with E-state index in [2.05, 4.69) is 27.8 Å². The summed E-state index contributed by atoms with van der Waals surface area (Å²) in [5, 5.41) is 0. The first-order valence-corrected chi connectivity index (χ1v) is 5.68. The molecule has 0 spiro atoms. The Morgan fingerprint density at radius 1 is 1.50 bits per heavy atom. The number of anilines is 1. The number of hydrogen-bond acceptors (Lipinski definition) is 2. The lowest BCUT2D eigenvalue weighted by Gasteiger charge is -2.31. The van der Waals surface area contributed by atoms with Crippen LogP contribution in [0.5, 0.6) is 0 Å². The SMILES string of the molecule is [2H]c1c(Br)nc(N2CCC(C)CC2)c([2H])c1[2H]. The summed E-state index contributed by atoms with van der Waals surface area (Å²) in [6.45, 7) is 3.98. The molecule has 0 bridgehead atoms. The van der Waals surface area contributed by atoms with Crippen LogP contribution in [0.2, 0.25) is 0 Å². The van der Waals surface area contributed by atoms with Crippen molar-refractivity contribution in [3.05, 3.63) is 22.7 Å². The van der Waals surface area contributed by atoms with Crippen LogP contribution in [-0.2, 0) is 0 Å². The van der Waals surface area contributed by atoms with E-state index in [4.69, 9.17) is 4.11 Å². The maximum Gasteiger partial charge on any atom is 0.129 e. The number of aromatic nitrogens is 1. The second-order valence-electron chi connectivity index (χ2n) is 3.77. The molecular formula is C11H15BrN2. The average molecular weight is 258 g/mol. The van der Waals surface area contributed by atoms with Crippen LogP contribution >= 0.6 is 15.9 Å². The number of piperidine rings is 1. The number of halogens is 1. The van der Waals surface area contributed by atoms with Crippen LogP contribution in [-0.4, -0.2) is 18.1 Å². The summed E-state index contributed by atoms with van der Waals surface area (Å²) in [4.78, 5) is 6.28. The number of hydrogen-bond donors (Lipinski definition) is 0. The number of nitrogens with zero attached hydrogens (tertiary/aromatic N) is 2. The van der Waals surface area contributed by atoms with E-state index in [1.807, 2.05) is 4.90 Å². The molecule has 1 fully saturated rings. The third kappa shape index (κ3) is 2.27. The van der Waals surface area contributed by atoms with Crippen molar-refractivity contribution in [3.63, 3.8) is 0 Å². The summed E-state index contributed by atoms with van der Waals surface area (Å²) < 4.78 is 23.5. The van der Waals surface area contributed by atoms with E-state index >= 15 is 0 Å². The van der Waals surface area contributed by atoms with Crippen LogP contribution in [0.4, 0.5) is 5.82 Å². The molecule has 1 aromatic heterocycles. The number of rotatable bonds is 1. The standard InChI is InChI=1S/C11H15BrN2/c1-9-5-7-14(8-6-9)11-4-2-3-10(12)13-11/h2-4,9H,5-8H2,1H3/i2D,3D,4D. The molecule has 3 heteroatoms. The predicted molar refractivity (Wildman–Crippen MR) is 62.5 cm³/mol. The summed E-state index contributed by atoms with van der Waals surface area (Å²) in [7, 11) is 0. The van der Waals surface area contributed by atoms with Crippen LogP contribution < -0.4 is 4.90 Å². The van der Waals surface area contributed by atoms with E-state index in [0.29, 0.717) is 10.4 Å². The van der Waals surface area contributed by atoms with Gasteiger partial charge in [-0.15, -0.1) is 0 Å². The highest BCUT2D eigenvalue weighted by molar-refractivity contribution is 9.10. The molecule has 0 radical (unpaired) electrons. The molecule has 1 aliphatic rings. The molecule has 14 heavy (non-hydrogen) atoms. The molecule has 0 unspecified atom stereocenters. The lowest BCUT2D eigenvalue weighted by molar-refractivity contribution is 0.436. The molecule has 0 saturated carbocycles. The Kier molecular flexibility index (Phi) is 2.10. The molecule has 2 nitrogen and oxygen atoms in total. The molecule has 2 heterocycles. The maximum absolute atomic E-state index is 7.89. The molecule has 2 rings (SSSR count). The third-order valence-corrected chi connectivity index (χ3v) is 3.00. The fourth-order valence-electron chi connectivity index (χ4n) is 1.66. The summed E-state index contributed by atoms with van der Waals surface area (Å²) in [5.74, 6) is 1.25. The fourth-order valence-corrected chi connectivity index (χ4v) is 1.92. The van der Waals surface area contributed by atoms with Crippen LogP contribution in [0, 0.1) is 5.92 Å². The monoisotopic (exact) mass is 257 g/mol. The van der Waals surface area contributed by atoms with Crippen molar-refractivity contribution >= 4 is 21.7 Å². The van der Waals surface area contributed by atoms with Crippen molar-refractivity contribution in [1.82, 2.24) is 4.98 Å². The first kappa shape index (κ1) is 6.83. The van der Waals surface area contributed by atoms with Crippen molar-refractivity contribution in [2.45, 2.75) is 19.8 Å². The molecule has 76 valence electrons. The predicted octanol–water partition coefficient (Wildman–Crippen LogP) is 3.08. The zero-order chi connectivity index (χ0) is 12.6. The van der Waals surface area contributed by atoms with E-state index in [0.717, 1.165) is 31.8 Å². The van der Waals surface area contributed by atoms with Crippen molar-refractivity contribution < 1.29 is 4.11 Å². The van der Waals surface area contributed by atoms with Crippen LogP contribution in [0.3, 0.4) is 0 Å². The van der Waals surface area contributed by atoms with Gasteiger partial charge in [-0.05, 0) is 46.8 Å². The summed E-state index contributed by atoms with van der Waals surface area (Å²) in [5.41, 5.74) is 0. The first-order chi connectivity index (χ1) is 8.00. The van der Waals surface area contributed by atoms with Crippen LogP contribution in [0.15, 0.2) is 22.7 Å². The van der Waals surface area contributed by atoms with Crippen molar-refractivity contribution in [2.24, 2.45) is 5.92 Å². The Morgan fingerprint density at radius 2 is 2.21 bits per heavy atom. The molecule has 1 aliphatic heterocycles. The van der Waals surface area contributed by atoms with E-state index in [9.17, 15) is 0 Å². The van der Waals surface area contributed by atoms with Gasteiger partial charge in [-0.3, -0.25) is 0 Å². The highest BCUT2D eigenvalue weighted by Gasteiger charge is 2.16. The minimum Gasteiger partial charge on any atom is -0.357 e. The van der Waals surface area contributed by atoms with Gasteiger partial charge in [-0.25, -0.2) is 4.98 Å². The van der Waals surface area contributed by atoms with Crippen molar-refractivity contribution in [3.8, 4) is 0 Å². The molecule has 0 N–H and O–H groups in total. The Labute approximate surface area is 97.7 Å². The van der Waals surface area contributed by atoms with Crippen LogP contribution in [0.25, 0.3) is 0 Å². The third-order valence-electron chi connectivity index (χ3n) is 2.63. The fraction of sp³-hybridized carbons (Fsp3) is 0.545. The van der Waals surface area contributed by atoms with Gasteiger partial charge < -0.3 is 4.90 Å².